The number of thiazole rings is 1. The third-order valence-corrected chi connectivity index (χ3v) is 4.79. The molecule has 0 aliphatic carbocycles. The van der Waals surface area contributed by atoms with Crippen molar-refractivity contribution in [3.63, 3.8) is 0 Å². The van der Waals surface area contributed by atoms with Gasteiger partial charge in [0.15, 0.2) is 0 Å². The molecule has 0 aromatic carbocycles. The molecule has 2 heterocycles. The van der Waals surface area contributed by atoms with Crippen LogP contribution in [0.3, 0.4) is 0 Å². The van der Waals surface area contributed by atoms with Crippen molar-refractivity contribution in [2.24, 2.45) is 0 Å². The first-order chi connectivity index (χ1) is 9.70. The van der Waals surface area contributed by atoms with Gasteiger partial charge in [-0.15, -0.1) is 11.3 Å². The van der Waals surface area contributed by atoms with Crippen molar-refractivity contribution in [1.82, 2.24) is 4.98 Å². The van der Waals surface area contributed by atoms with E-state index in [-0.39, 0.29) is 5.97 Å². The third-order valence-electron chi connectivity index (χ3n) is 3.61. The van der Waals surface area contributed by atoms with Crippen LogP contribution in [0.5, 0.6) is 0 Å². The van der Waals surface area contributed by atoms with Crippen LogP contribution in [0.1, 0.15) is 64.1 Å². The van der Waals surface area contributed by atoms with Gasteiger partial charge in [0.2, 0.25) is 0 Å². The highest BCUT2D eigenvalue weighted by atomic mass is 32.1. The molecule has 0 N–H and O–H groups in total. The molecule has 0 saturated carbocycles. The van der Waals surface area contributed by atoms with Crippen LogP contribution in [0.25, 0.3) is 0 Å². The maximum Gasteiger partial charge on any atom is 0.318 e. The largest absolute Gasteiger partial charge is 0.459 e. The monoisotopic (exact) mass is 311 g/mol. The summed E-state index contributed by atoms with van der Waals surface area (Å²) in [5, 5.41) is 2.91. The van der Waals surface area contributed by atoms with Crippen LogP contribution in [0, 0.1) is 0 Å². The van der Waals surface area contributed by atoms with Gasteiger partial charge in [0.05, 0.1) is 5.69 Å². The SMILES string of the molecule is CC(C)(C)OC(=O)C(C)(C)c1nc(C2CCOCC2)cs1. The first-order valence-electron chi connectivity index (χ1n) is 7.47. The van der Waals surface area contributed by atoms with Crippen molar-refractivity contribution in [2.45, 2.75) is 64.4 Å². The predicted molar refractivity (Wildman–Crippen MR) is 83.8 cm³/mol. The van der Waals surface area contributed by atoms with Crippen molar-refractivity contribution in [2.75, 3.05) is 13.2 Å². The predicted octanol–water partition coefficient (Wildman–Crippen LogP) is 3.66. The Balaban J connectivity index is 2.13. The van der Waals surface area contributed by atoms with E-state index in [0.29, 0.717) is 5.92 Å². The molecular weight excluding hydrogens is 286 g/mol. The van der Waals surface area contributed by atoms with Crippen LogP contribution < -0.4 is 0 Å². The fourth-order valence-corrected chi connectivity index (χ4v) is 3.26. The highest BCUT2D eigenvalue weighted by Gasteiger charge is 2.37. The summed E-state index contributed by atoms with van der Waals surface area (Å²) < 4.78 is 10.9. The maximum absolute atomic E-state index is 12.4. The van der Waals surface area contributed by atoms with Crippen LogP contribution in [-0.2, 0) is 19.7 Å². The Morgan fingerprint density at radius 1 is 1.29 bits per heavy atom. The second kappa shape index (κ2) is 6.05. The topological polar surface area (TPSA) is 48.4 Å². The van der Waals surface area contributed by atoms with Crippen molar-refractivity contribution in [3.8, 4) is 0 Å². The van der Waals surface area contributed by atoms with Gasteiger partial charge in [-0.05, 0) is 47.5 Å². The van der Waals surface area contributed by atoms with E-state index in [1.807, 2.05) is 34.6 Å². The molecule has 2 rings (SSSR count). The van der Waals surface area contributed by atoms with Crippen LogP contribution in [0.4, 0.5) is 0 Å². The lowest BCUT2D eigenvalue weighted by molar-refractivity contribution is -0.160. The molecule has 4 nitrogen and oxygen atoms in total. The molecular formula is C16H25NO3S. The smallest absolute Gasteiger partial charge is 0.318 e. The molecule has 1 aromatic rings. The van der Waals surface area contributed by atoms with E-state index in [4.69, 9.17) is 14.5 Å². The Labute approximate surface area is 130 Å². The second-order valence-corrected chi connectivity index (χ2v) is 7.95. The van der Waals surface area contributed by atoms with E-state index in [1.165, 1.54) is 0 Å². The molecule has 1 aromatic heterocycles. The van der Waals surface area contributed by atoms with Crippen LogP contribution >= 0.6 is 11.3 Å². The maximum atomic E-state index is 12.4. The molecule has 0 amide bonds. The number of hydrogen-bond donors (Lipinski definition) is 0. The van der Waals surface area contributed by atoms with E-state index in [2.05, 4.69) is 5.38 Å². The molecule has 5 heteroatoms. The summed E-state index contributed by atoms with van der Waals surface area (Å²) in [5.41, 5.74) is -0.0915. The molecule has 1 saturated heterocycles. The molecule has 0 spiro atoms. The van der Waals surface area contributed by atoms with E-state index in [9.17, 15) is 4.79 Å². The normalized spacial score (nSPS) is 17.8. The van der Waals surface area contributed by atoms with E-state index in [0.717, 1.165) is 36.8 Å². The Morgan fingerprint density at radius 2 is 1.90 bits per heavy atom. The first-order valence-corrected chi connectivity index (χ1v) is 8.35. The highest BCUT2D eigenvalue weighted by molar-refractivity contribution is 7.10. The number of rotatable bonds is 3. The van der Waals surface area contributed by atoms with Crippen LogP contribution in [0.15, 0.2) is 5.38 Å². The lowest BCUT2D eigenvalue weighted by Crippen LogP contribution is -2.36. The Morgan fingerprint density at radius 3 is 2.48 bits per heavy atom. The second-order valence-electron chi connectivity index (χ2n) is 7.09. The summed E-state index contributed by atoms with van der Waals surface area (Å²) in [5.74, 6) is 0.237. The zero-order valence-corrected chi connectivity index (χ0v) is 14.4. The number of aromatic nitrogens is 1. The van der Waals surface area contributed by atoms with Gasteiger partial charge >= 0.3 is 5.97 Å². The minimum atomic E-state index is -0.707. The quantitative estimate of drug-likeness (QED) is 0.799. The van der Waals surface area contributed by atoms with E-state index < -0.39 is 11.0 Å². The zero-order chi connectivity index (χ0) is 15.7. The Kier molecular flexibility index (Phi) is 4.73. The number of nitrogens with zero attached hydrogens (tertiary/aromatic N) is 1. The summed E-state index contributed by atoms with van der Waals surface area (Å²) in [6.07, 6.45) is 2.02. The molecule has 1 aliphatic heterocycles. The summed E-state index contributed by atoms with van der Waals surface area (Å²) in [4.78, 5) is 17.1. The number of ether oxygens (including phenoxy) is 2. The lowest BCUT2D eigenvalue weighted by atomic mass is 9.93. The Bertz CT molecular complexity index is 496. The summed E-state index contributed by atoms with van der Waals surface area (Å²) in [7, 11) is 0. The average Bonchev–Trinajstić information content (AvgIpc) is 2.88. The summed E-state index contributed by atoms with van der Waals surface area (Å²) in [6, 6.07) is 0. The minimum absolute atomic E-state index is 0.220. The van der Waals surface area contributed by atoms with Gasteiger partial charge in [-0.2, -0.15) is 0 Å². The minimum Gasteiger partial charge on any atom is -0.459 e. The number of hydrogen-bond acceptors (Lipinski definition) is 5. The number of carbonyl (C=O) groups excluding carboxylic acids is 1. The first kappa shape index (κ1) is 16.4. The molecule has 21 heavy (non-hydrogen) atoms. The molecule has 0 atom stereocenters. The van der Waals surface area contributed by atoms with Crippen molar-refractivity contribution in [3.05, 3.63) is 16.1 Å². The van der Waals surface area contributed by atoms with Gasteiger partial charge in [0.25, 0.3) is 0 Å². The molecule has 0 unspecified atom stereocenters. The fourth-order valence-electron chi connectivity index (χ4n) is 2.25. The standard InChI is InChI=1S/C16H25NO3S/c1-15(2,3)20-14(18)16(4,5)13-17-12(10-21-13)11-6-8-19-9-7-11/h10-11H,6-9H2,1-5H3. The van der Waals surface area contributed by atoms with Crippen LogP contribution in [0.2, 0.25) is 0 Å². The van der Waals surface area contributed by atoms with Gasteiger partial charge in [-0.1, -0.05) is 0 Å². The van der Waals surface area contributed by atoms with Crippen LogP contribution in [-0.4, -0.2) is 29.8 Å². The zero-order valence-electron chi connectivity index (χ0n) is 13.6. The van der Waals surface area contributed by atoms with E-state index in [1.54, 1.807) is 11.3 Å². The lowest BCUT2D eigenvalue weighted by Gasteiger charge is -2.27. The van der Waals surface area contributed by atoms with E-state index >= 15 is 0 Å². The summed E-state index contributed by atoms with van der Waals surface area (Å²) >= 11 is 1.55. The van der Waals surface area contributed by atoms with Gasteiger partial charge in [-0.25, -0.2) is 4.98 Å². The highest BCUT2D eigenvalue weighted by Crippen LogP contribution is 2.34. The molecule has 1 aliphatic rings. The van der Waals surface area contributed by atoms with Gasteiger partial charge in [0, 0.05) is 24.5 Å². The molecule has 0 radical (unpaired) electrons. The van der Waals surface area contributed by atoms with Gasteiger partial charge < -0.3 is 9.47 Å². The average molecular weight is 311 g/mol. The fraction of sp³-hybridized carbons (Fsp3) is 0.750. The third kappa shape index (κ3) is 4.04. The molecule has 0 bridgehead atoms. The van der Waals surface area contributed by atoms with Gasteiger partial charge in [-0.3, -0.25) is 4.79 Å². The van der Waals surface area contributed by atoms with Gasteiger partial charge in [0.1, 0.15) is 16.0 Å². The molecule has 1 fully saturated rings. The number of esters is 1. The Hall–Kier alpha value is -0.940. The summed E-state index contributed by atoms with van der Waals surface area (Å²) in [6.45, 7) is 11.0. The number of carbonyl (C=O) groups is 1. The van der Waals surface area contributed by atoms with Crippen molar-refractivity contribution < 1.29 is 14.3 Å². The van der Waals surface area contributed by atoms with Crippen molar-refractivity contribution in [1.29, 1.82) is 0 Å². The van der Waals surface area contributed by atoms with Crippen molar-refractivity contribution >= 4 is 17.3 Å². The molecule has 118 valence electrons.